The van der Waals surface area contributed by atoms with E-state index in [1.165, 1.54) is 18.4 Å². The SMILES string of the molecule is COC(=O)c1cnc(CCC(C)C)s1. The number of rotatable bonds is 4. The zero-order chi connectivity index (χ0) is 10.6. The third kappa shape index (κ3) is 3.10. The van der Waals surface area contributed by atoms with Crippen molar-refractivity contribution in [2.24, 2.45) is 5.92 Å². The first-order valence-electron chi connectivity index (χ1n) is 4.66. The molecule has 0 fully saturated rings. The van der Waals surface area contributed by atoms with Gasteiger partial charge in [-0.05, 0) is 18.8 Å². The lowest BCUT2D eigenvalue weighted by atomic mass is 10.1. The van der Waals surface area contributed by atoms with Crippen LogP contribution in [0.3, 0.4) is 0 Å². The third-order valence-corrected chi connectivity index (χ3v) is 2.91. The maximum atomic E-state index is 11.1. The molecule has 0 unspecified atom stereocenters. The summed E-state index contributed by atoms with van der Waals surface area (Å²) in [7, 11) is 1.38. The maximum Gasteiger partial charge on any atom is 0.349 e. The van der Waals surface area contributed by atoms with E-state index >= 15 is 0 Å². The molecule has 0 spiro atoms. The molecule has 1 rings (SSSR count). The zero-order valence-electron chi connectivity index (χ0n) is 8.74. The van der Waals surface area contributed by atoms with Crippen LogP contribution in [0.4, 0.5) is 0 Å². The van der Waals surface area contributed by atoms with E-state index in [0.717, 1.165) is 17.8 Å². The Morgan fingerprint density at radius 3 is 2.93 bits per heavy atom. The van der Waals surface area contributed by atoms with E-state index in [1.54, 1.807) is 6.20 Å². The summed E-state index contributed by atoms with van der Waals surface area (Å²) in [6.07, 6.45) is 3.64. The number of ether oxygens (including phenoxy) is 1. The Bertz CT molecular complexity index is 307. The average Bonchev–Trinajstić information content (AvgIpc) is 2.62. The maximum absolute atomic E-state index is 11.1. The van der Waals surface area contributed by atoms with Gasteiger partial charge in [0.1, 0.15) is 4.88 Å². The monoisotopic (exact) mass is 213 g/mol. The Hall–Kier alpha value is -0.900. The average molecular weight is 213 g/mol. The molecule has 0 saturated heterocycles. The van der Waals surface area contributed by atoms with Crippen molar-refractivity contribution < 1.29 is 9.53 Å². The molecule has 14 heavy (non-hydrogen) atoms. The van der Waals surface area contributed by atoms with Crippen molar-refractivity contribution in [2.45, 2.75) is 26.7 Å². The molecule has 1 aromatic heterocycles. The van der Waals surface area contributed by atoms with Gasteiger partial charge in [0.25, 0.3) is 0 Å². The number of esters is 1. The number of hydrogen-bond donors (Lipinski definition) is 0. The Balaban J connectivity index is 2.55. The second-order valence-electron chi connectivity index (χ2n) is 3.54. The highest BCUT2D eigenvalue weighted by Gasteiger charge is 2.10. The van der Waals surface area contributed by atoms with Crippen molar-refractivity contribution >= 4 is 17.3 Å². The van der Waals surface area contributed by atoms with Crippen LogP contribution in [0.15, 0.2) is 6.20 Å². The van der Waals surface area contributed by atoms with Gasteiger partial charge >= 0.3 is 5.97 Å². The normalized spacial score (nSPS) is 10.6. The van der Waals surface area contributed by atoms with Crippen LogP contribution in [0.25, 0.3) is 0 Å². The van der Waals surface area contributed by atoms with Gasteiger partial charge in [-0.2, -0.15) is 0 Å². The lowest BCUT2D eigenvalue weighted by molar-refractivity contribution is 0.0606. The highest BCUT2D eigenvalue weighted by Crippen LogP contribution is 2.17. The van der Waals surface area contributed by atoms with Crippen molar-refractivity contribution in [1.82, 2.24) is 4.98 Å². The first-order chi connectivity index (χ1) is 6.63. The summed E-state index contributed by atoms with van der Waals surface area (Å²) in [5, 5.41) is 1.01. The second-order valence-corrected chi connectivity index (χ2v) is 4.66. The quantitative estimate of drug-likeness (QED) is 0.721. The van der Waals surface area contributed by atoms with Crippen LogP contribution in [0.2, 0.25) is 0 Å². The molecule has 0 aliphatic heterocycles. The highest BCUT2D eigenvalue weighted by atomic mass is 32.1. The van der Waals surface area contributed by atoms with Gasteiger partial charge in [-0.25, -0.2) is 9.78 Å². The molecule has 0 N–H and O–H groups in total. The molecule has 0 aromatic carbocycles. The van der Waals surface area contributed by atoms with Crippen LogP contribution < -0.4 is 0 Å². The number of nitrogens with zero attached hydrogens (tertiary/aromatic N) is 1. The van der Waals surface area contributed by atoms with Gasteiger partial charge in [0.2, 0.25) is 0 Å². The number of thiazole rings is 1. The smallest absolute Gasteiger partial charge is 0.349 e. The van der Waals surface area contributed by atoms with E-state index in [-0.39, 0.29) is 5.97 Å². The van der Waals surface area contributed by atoms with Crippen LogP contribution in [0.5, 0.6) is 0 Å². The summed E-state index contributed by atoms with van der Waals surface area (Å²) >= 11 is 1.42. The molecule has 0 saturated carbocycles. The number of hydrogen-bond acceptors (Lipinski definition) is 4. The first kappa shape index (κ1) is 11.2. The lowest BCUT2D eigenvalue weighted by Crippen LogP contribution is -1.96. The van der Waals surface area contributed by atoms with E-state index in [2.05, 4.69) is 23.6 Å². The van der Waals surface area contributed by atoms with Crippen LogP contribution in [0, 0.1) is 5.92 Å². The molecule has 0 amide bonds. The van der Waals surface area contributed by atoms with Crippen molar-refractivity contribution in [1.29, 1.82) is 0 Å². The molecule has 78 valence electrons. The van der Waals surface area contributed by atoms with E-state index in [1.807, 2.05) is 0 Å². The van der Waals surface area contributed by atoms with Gasteiger partial charge in [-0.3, -0.25) is 0 Å². The largest absolute Gasteiger partial charge is 0.465 e. The van der Waals surface area contributed by atoms with Gasteiger partial charge in [0.15, 0.2) is 0 Å². The molecule has 0 aliphatic rings. The second kappa shape index (κ2) is 5.10. The summed E-state index contributed by atoms with van der Waals surface area (Å²) in [5.41, 5.74) is 0. The predicted octanol–water partition coefficient (Wildman–Crippen LogP) is 2.52. The minimum absolute atomic E-state index is 0.293. The lowest BCUT2D eigenvalue weighted by Gasteiger charge is -1.99. The Morgan fingerprint density at radius 2 is 2.36 bits per heavy atom. The van der Waals surface area contributed by atoms with Crippen LogP contribution >= 0.6 is 11.3 Å². The first-order valence-corrected chi connectivity index (χ1v) is 5.48. The van der Waals surface area contributed by atoms with E-state index in [4.69, 9.17) is 0 Å². The van der Waals surface area contributed by atoms with Gasteiger partial charge < -0.3 is 4.74 Å². The van der Waals surface area contributed by atoms with Crippen molar-refractivity contribution in [2.75, 3.05) is 7.11 Å². The number of aromatic nitrogens is 1. The molecular formula is C10H15NO2S. The molecule has 1 heterocycles. The minimum Gasteiger partial charge on any atom is -0.465 e. The van der Waals surface area contributed by atoms with Crippen LogP contribution in [0.1, 0.15) is 34.9 Å². The number of carbonyl (C=O) groups excluding carboxylic acids is 1. The van der Waals surface area contributed by atoms with E-state index in [9.17, 15) is 4.79 Å². The summed E-state index contributed by atoms with van der Waals surface area (Å²) in [6.45, 7) is 4.35. The molecule has 0 aliphatic carbocycles. The van der Waals surface area contributed by atoms with Crippen LogP contribution in [-0.4, -0.2) is 18.1 Å². The molecule has 1 aromatic rings. The Morgan fingerprint density at radius 1 is 1.64 bits per heavy atom. The van der Waals surface area contributed by atoms with E-state index in [0.29, 0.717) is 10.8 Å². The minimum atomic E-state index is -0.293. The molecule has 0 atom stereocenters. The van der Waals surface area contributed by atoms with Gasteiger partial charge in [0, 0.05) is 0 Å². The van der Waals surface area contributed by atoms with Crippen molar-refractivity contribution in [3.8, 4) is 0 Å². The number of carbonyl (C=O) groups is 1. The Kier molecular flexibility index (Phi) is 4.07. The van der Waals surface area contributed by atoms with Crippen molar-refractivity contribution in [3.05, 3.63) is 16.1 Å². The fourth-order valence-corrected chi connectivity index (χ4v) is 1.88. The van der Waals surface area contributed by atoms with Crippen LogP contribution in [-0.2, 0) is 11.2 Å². The molecule has 4 heteroatoms. The molecule has 0 radical (unpaired) electrons. The van der Waals surface area contributed by atoms with Crippen molar-refractivity contribution in [3.63, 3.8) is 0 Å². The number of aryl methyl sites for hydroxylation is 1. The Labute approximate surface area is 88.1 Å². The molecular weight excluding hydrogens is 198 g/mol. The van der Waals surface area contributed by atoms with Gasteiger partial charge in [0.05, 0.1) is 18.3 Å². The molecule has 0 bridgehead atoms. The summed E-state index contributed by atoms with van der Waals surface area (Å²) < 4.78 is 4.61. The zero-order valence-corrected chi connectivity index (χ0v) is 9.56. The van der Waals surface area contributed by atoms with E-state index < -0.39 is 0 Å². The summed E-state index contributed by atoms with van der Waals surface area (Å²) in [4.78, 5) is 15.9. The highest BCUT2D eigenvalue weighted by molar-refractivity contribution is 7.13. The summed E-state index contributed by atoms with van der Waals surface area (Å²) in [6, 6.07) is 0. The molecule has 3 nitrogen and oxygen atoms in total. The summed E-state index contributed by atoms with van der Waals surface area (Å²) in [5.74, 6) is 0.374. The standard InChI is InChI=1S/C10H15NO2S/c1-7(2)4-5-9-11-6-8(14-9)10(12)13-3/h6-7H,4-5H2,1-3H3. The fourth-order valence-electron chi connectivity index (χ4n) is 1.03. The van der Waals surface area contributed by atoms with Gasteiger partial charge in [-0.1, -0.05) is 13.8 Å². The fraction of sp³-hybridized carbons (Fsp3) is 0.600. The number of methoxy groups -OCH3 is 1. The third-order valence-electron chi connectivity index (χ3n) is 1.88. The topological polar surface area (TPSA) is 39.2 Å². The van der Waals surface area contributed by atoms with Gasteiger partial charge in [-0.15, -0.1) is 11.3 Å². The predicted molar refractivity (Wildman–Crippen MR) is 56.6 cm³/mol.